The van der Waals surface area contributed by atoms with E-state index in [9.17, 15) is 13.2 Å². The number of rotatable bonds is 4. The molecule has 0 saturated carbocycles. The van der Waals surface area contributed by atoms with Gasteiger partial charge in [0.15, 0.2) is 0 Å². The minimum Gasteiger partial charge on any atom is -0.481 e. The Morgan fingerprint density at radius 3 is 2.56 bits per heavy atom. The predicted molar refractivity (Wildman–Crippen MR) is 66.4 cm³/mol. The van der Waals surface area contributed by atoms with Crippen LogP contribution in [0.5, 0.6) is 0 Å². The average molecular weight is 269 g/mol. The van der Waals surface area contributed by atoms with Crippen molar-refractivity contribution in [1.82, 2.24) is 4.31 Å². The Morgan fingerprint density at radius 2 is 2.00 bits per heavy atom. The van der Waals surface area contributed by atoms with Gasteiger partial charge in [0.2, 0.25) is 10.0 Å². The van der Waals surface area contributed by atoms with Crippen molar-refractivity contribution in [2.24, 2.45) is 5.92 Å². The number of carboxylic acid groups (broad SMARTS) is 1. The summed E-state index contributed by atoms with van der Waals surface area (Å²) in [6.45, 7) is 0.386. The molecule has 6 heteroatoms. The minimum atomic E-state index is -3.41. The Labute approximate surface area is 106 Å². The van der Waals surface area contributed by atoms with Crippen LogP contribution in [0.1, 0.15) is 12.0 Å². The van der Waals surface area contributed by atoms with Gasteiger partial charge >= 0.3 is 5.97 Å². The molecule has 0 unspecified atom stereocenters. The maximum absolute atomic E-state index is 12.1. The molecule has 0 bridgehead atoms. The van der Waals surface area contributed by atoms with Crippen molar-refractivity contribution < 1.29 is 18.3 Å². The van der Waals surface area contributed by atoms with Crippen molar-refractivity contribution in [3.05, 3.63) is 35.9 Å². The number of carboxylic acids is 1. The topological polar surface area (TPSA) is 74.7 Å². The fourth-order valence-electron chi connectivity index (χ4n) is 2.06. The number of sulfonamides is 1. The molecule has 1 N–H and O–H groups in total. The Balaban J connectivity index is 2.07. The number of benzene rings is 1. The molecule has 1 fully saturated rings. The highest BCUT2D eigenvalue weighted by Crippen LogP contribution is 2.21. The highest BCUT2D eigenvalue weighted by atomic mass is 32.2. The van der Waals surface area contributed by atoms with Crippen LogP contribution in [0.15, 0.2) is 30.3 Å². The Morgan fingerprint density at radius 1 is 1.33 bits per heavy atom. The van der Waals surface area contributed by atoms with Crippen LogP contribution in [0.4, 0.5) is 0 Å². The third-order valence-corrected chi connectivity index (χ3v) is 4.90. The average Bonchev–Trinajstić information content (AvgIpc) is 2.79. The third-order valence-electron chi connectivity index (χ3n) is 3.09. The molecule has 2 rings (SSSR count). The van der Waals surface area contributed by atoms with E-state index in [0.29, 0.717) is 13.0 Å². The third kappa shape index (κ3) is 2.88. The molecule has 1 heterocycles. The van der Waals surface area contributed by atoms with E-state index in [0.717, 1.165) is 5.56 Å². The molecule has 0 aliphatic carbocycles. The molecule has 1 aromatic carbocycles. The molecule has 98 valence electrons. The van der Waals surface area contributed by atoms with E-state index in [2.05, 4.69) is 0 Å². The van der Waals surface area contributed by atoms with Crippen molar-refractivity contribution in [2.45, 2.75) is 12.2 Å². The Bertz CT molecular complexity index is 526. The van der Waals surface area contributed by atoms with Gasteiger partial charge in [-0.3, -0.25) is 4.79 Å². The van der Waals surface area contributed by atoms with Crippen molar-refractivity contribution in [1.29, 1.82) is 0 Å². The van der Waals surface area contributed by atoms with Crippen LogP contribution >= 0.6 is 0 Å². The van der Waals surface area contributed by atoms with Crippen LogP contribution in [0.3, 0.4) is 0 Å². The Hall–Kier alpha value is -1.40. The van der Waals surface area contributed by atoms with E-state index in [1.54, 1.807) is 24.3 Å². The van der Waals surface area contributed by atoms with Crippen LogP contribution < -0.4 is 0 Å². The van der Waals surface area contributed by atoms with Gasteiger partial charge in [0.25, 0.3) is 0 Å². The maximum atomic E-state index is 12.1. The predicted octanol–water partition coefficient (Wildman–Crippen LogP) is 0.923. The zero-order valence-electron chi connectivity index (χ0n) is 9.82. The molecule has 0 amide bonds. The molecule has 1 aromatic rings. The summed E-state index contributed by atoms with van der Waals surface area (Å²) in [6, 6.07) is 8.90. The van der Waals surface area contributed by atoms with Crippen LogP contribution in [0, 0.1) is 5.92 Å². The first kappa shape index (κ1) is 13.0. The van der Waals surface area contributed by atoms with Crippen molar-refractivity contribution in [3.63, 3.8) is 0 Å². The molecule has 1 saturated heterocycles. The molecular formula is C12H15NO4S. The van der Waals surface area contributed by atoms with E-state index in [1.165, 1.54) is 4.31 Å². The SMILES string of the molecule is O=C(O)[C@H]1CCN(S(=O)(=O)Cc2ccccc2)C1. The van der Waals surface area contributed by atoms with E-state index in [-0.39, 0.29) is 12.3 Å². The van der Waals surface area contributed by atoms with Gasteiger partial charge in [-0.1, -0.05) is 30.3 Å². The zero-order valence-corrected chi connectivity index (χ0v) is 10.6. The number of carbonyl (C=O) groups is 1. The minimum absolute atomic E-state index is 0.0693. The van der Waals surface area contributed by atoms with Gasteiger partial charge < -0.3 is 5.11 Å². The quantitative estimate of drug-likeness (QED) is 0.882. The summed E-state index contributed by atoms with van der Waals surface area (Å²) in [5.41, 5.74) is 0.719. The van der Waals surface area contributed by atoms with Crippen LogP contribution in [0.2, 0.25) is 0 Å². The lowest BCUT2D eigenvalue weighted by atomic mass is 10.1. The highest BCUT2D eigenvalue weighted by molar-refractivity contribution is 7.88. The number of hydrogen-bond acceptors (Lipinski definition) is 3. The first-order chi connectivity index (χ1) is 8.49. The maximum Gasteiger partial charge on any atom is 0.307 e. The first-order valence-corrected chi connectivity index (χ1v) is 7.34. The molecule has 1 atom stereocenters. The fraction of sp³-hybridized carbons (Fsp3) is 0.417. The van der Waals surface area contributed by atoms with Crippen molar-refractivity contribution in [3.8, 4) is 0 Å². The van der Waals surface area contributed by atoms with E-state index >= 15 is 0 Å². The van der Waals surface area contributed by atoms with Gasteiger partial charge in [-0.25, -0.2) is 12.7 Å². The molecule has 18 heavy (non-hydrogen) atoms. The van der Waals surface area contributed by atoms with Crippen LogP contribution in [0.25, 0.3) is 0 Å². The van der Waals surface area contributed by atoms with Gasteiger partial charge in [0.05, 0.1) is 11.7 Å². The number of nitrogens with zero attached hydrogens (tertiary/aromatic N) is 1. The number of aliphatic carboxylic acids is 1. The van der Waals surface area contributed by atoms with Crippen molar-refractivity contribution in [2.75, 3.05) is 13.1 Å². The van der Waals surface area contributed by atoms with Crippen molar-refractivity contribution >= 4 is 16.0 Å². The van der Waals surface area contributed by atoms with Gasteiger partial charge in [-0.15, -0.1) is 0 Å². The second-order valence-corrected chi connectivity index (χ2v) is 6.39. The summed E-state index contributed by atoms with van der Waals surface area (Å²) in [5, 5.41) is 8.86. The normalized spacial score (nSPS) is 21.0. The summed E-state index contributed by atoms with van der Waals surface area (Å²) in [5.74, 6) is -1.57. The Kier molecular flexibility index (Phi) is 3.68. The largest absolute Gasteiger partial charge is 0.481 e. The van der Waals surface area contributed by atoms with E-state index in [1.807, 2.05) is 6.07 Å². The summed E-state index contributed by atoms with van der Waals surface area (Å²) < 4.78 is 25.5. The summed E-state index contributed by atoms with van der Waals surface area (Å²) in [4.78, 5) is 10.8. The lowest BCUT2D eigenvalue weighted by Crippen LogP contribution is -2.31. The molecule has 5 nitrogen and oxygen atoms in total. The second kappa shape index (κ2) is 5.07. The molecule has 0 spiro atoms. The van der Waals surface area contributed by atoms with E-state index < -0.39 is 21.9 Å². The highest BCUT2D eigenvalue weighted by Gasteiger charge is 2.34. The molecule has 0 aromatic heterocycles. The number of hydrogen-bond donors (Lipinski definition) is 1. The van der Waals surface area contributed by atoms with Gasteiger partial charge in [-0.2, -0.15) is 0 Å². The standard InChI is InChI=1S/C12H15NO4S/c14-12(15)11-6-7-13(8-11)18(16,17)9-10-4-2-1-3-5-10/h1-5,11H,6-9H2,(H,14,15)/t11-/m0/s1. The van der Waals surface area contributed by atoms with E-state index in [4.69, 9.17) is 5.11 Å². The monoisotopic (exact) mass is 269 g/mol. The first-order valence-electron chi connectivity index (χ1n) is 5.73. The lowest BCUT2D eigenvalue weighted by Gasteiger charge is -2.15. The summed E-state index contributed by atoms with van der Waals surface area (Å²) in [7, 11) is -3.41. The zero-order chi connectivity index (χ0) is 13.2. The lowest BCUT2D eigenvalue weighted by molar-refractivity contribution is -0.141. The molecular weight excluding hydrogens is 254 g/mol. The molecule has 1 aliphatic rings. The molecule has 0 radical (unpaired) electrons. The fourth-order valence-corrected chi connectivity index (χ4v) is 3.65. The smallest absolute Gasteiger partial charge is 0.307 e. The van der Waals surface area contributed by atoms with Gasteiger partial charge in [-0.05, 0) is 12.0 Å². The molecule has 1 aliphatic heterocycles. The summed E-state index contributed by atoms with van der Waals surface area (Å²) >= 11 is 0. The van der Waals surface area contributed by atoms with Gasteiger partial charge in [0, 0.05) is 13.1 Å². The summed E-state index contributed by atoms with van der Waals surface area (Å²) in [6.07, 6.45) is 0.392. The van der Waals surface area contributed by atoms with Crippen LogP contribution in [-0.4, -0.2) is 36.9 Å². The van der Waals surface area contributed by atoms with Gasteiger partial charge in [0.1, 0.15) is 0 Å². The van der Waals surface area contributed by atoms with Crippen LogP contribution in [-0.2, 0) is 20.6 Å². The second-order valence-electron chi connectivity index (χ2n) is 4.42.